The largest absolute Gasteiger partial charge is 0.297 e. The van der Waals surface area contributed by atoms with Gasteiger partial charge in [-0.2, -0.15) is 0 Å². The van der Waals surface area contributed by atoms with Crippen molar-refractivity contribution in [3.05, 3.63) is 0 Å². The van der Waals surface area contributed by atoms with E-state index in [2.05, 4.69) is 0 Å². The van der Waals surface area contributed by atoms with Crippen LogP contribution in [0.1, 0.15) is 20.3 Å². The summed E-state index contributed by atoms with van der Waals surface area (Å²) < 4.78 is 0. The molecule has 0 N–H and O–H groups in total. The summed E-state index contributed by atoms with van der Waals surface area (Å²) in [6.45, 7) is 3.03. The molecule has 0 spiro atoms. The minimum Gasteiger partial charge on any atom is -0.297 e. The van der Waals surface area contributed by atoms with Crippen molar-refractivity contribution in [1.82, 2.24) is 0 Å². The third-order valence-corrected chi connectivity index (χ3v) is 0.824. The summed E-state index contributed by atoms with van der Waals surface area (Å²) in [7, 11) is 0. The third-order valence-electron chi connectivity index (χ3n) is 0.824. The molecule has 0 saturated heterocycles. The van der Waals surface area contributed by atoms with Gasteiger partial charge in [-0.05, 0) is 13.3 Å². The molecule has 0 aliphatic heterocycles. The van der Waals surface area contributed by atoms with Gasteiger partial charge in [-0.25, -0.2) is 5.11 Å². The van der Waals surface area contributed by atoms with Crippen LogP contribution in [0, 0.1) is 0 Å². The maximum atomic E-state index is 10.2. The molecule has 0 aliphatic carbocycles. The van der Waals surface area contributed by atoms with Gasteiger partial charge in [0.05, 0.1) is 0 Å². The second-order valence-electron chi connectivity index (χ2n) is 1.51. The molecule has 2 nitrogen and oxygen atoms in total. The molecule has 1 unspecified atom stereocenters. The molecule has 0 amide bonds. The summed E-state index contributed by atoms with van der Waals surface area (Å²) in [5, 5.41) is 10.2. The van der Waals surface area contributed by atoms with E-state index in [1.165, 1.54) is 6.92 Å². The normalized spacial score (nSPS) is 13.6. The second-order valence-corrected chi connectivity index (χ2v) is 1.51. The first-order valence-electron chi connectivity index (χ1n) is 2.34. The summed E-state index contributed by atoms with van der Waals surface area (Å²) in [6.07, 6.45) is -0.574. The Morgan fingerprint density at radius 1 is 1.71 bits per heavy atom. The van der Waals surface area contributed by atoms with Crippen LogP contribution in [0.15, 0.2) is 0 Å². The van der Waals surface area contributed by atoms with Gasteiger partial charge >= 0.3 is 0 Å². The van der Waals surface area contributed by atoms with E-state index in [0.29, 0.717) is 6.42 Å². The molecule has 0 aromatic carbocycles. The van der Waals surface area contributed by atoms with Crippen molar-refractivity contribution in [1.29, 1.82) is 0 Å². The summed E-state index contributed by atoms with van der Waals surface area (Å²) in [5.74, 6) is -0.262. The Morgan fingerprint density at radius 3 is 2.14 bits per heavy atom. The predicted octanol–water partition coefficient (Wildman–Crippen LogP) is 0.784. The molecule has 41 valence electrons. The van der Waals surface area contributed by atoms with Crippen molar-refractivity contribution < 1.29 is 9.90 Å². The smallest absolute Gasteiger partial charge is 0.161 e. The van der Waals surface area contributed by atoms with E-state index in [1.54, 1.807) is 6.92 Å². The van der Waals surface area contributed by atoms with Crippen molar-refractivity contribution in [3.8, 4) is 0 Å². The molecule has 0 heterocycles. The van der Waals surface area contributed by atoms with E-state index < -0.39 is 6.10 Å². The SMILES string of the molecule is CCC([O])C(C)=O. The Kier molecular flexibility index (Phi) is 2.60. The van der Waals surface area contributed by atoms with Crippen LogP contribution in [-0.2, 0) is 9.90 Å². The molecule has 0 saturated carbocycles. The van der Waals surface area contributed by atoms with Gasteiger partial charge in [0.25, 0.3) is 0 Å². The molecular formula is C5H9O2. The third kappa shape index (κ3) is 2.34. The van der Waals surface area contributed by atoms with Crippen molar-refractivity contribution in [2.24, 2.45) is 0 Å². The van der Waals surface area contributed by atoms with Crippen molar-refractivity contribution in [2.75, 3.05) is 0 Å². The number of hydrogen-bond acceptors (Lipinski definition) is 1. The number of hydrogen-bond donors (Lipinski definition) is 0. The van der Waals surface area contributed by atoms with Gasteiger partial charge in [-0.3, -0.25) is 4.79 Å². The van der Waals surface area contributed by atoms with Gasteiger partial charge < -0.3 is 0 Å². The van der Waals surface area contributed by atoms with Crippen LogP contribution in [-0.4, -0.2) is 11.9 Å². The van der Waals surface area contributed by atoms with Gasteiger partial charge in [-0.15, -0.1) is 0 Å². The Hall–Kier alpha value is -0.370. The van der Waals surface area contributed by atoms with Crippen LogP contribution in [0.3, 0.4) is 0 Å². The highest BCUT2D eigenvalue weighted by Crippen LogP contribution is 1.89. The number of Topliss-reactive ketones (excluding diaryl/α,β-unsaturated/α-hetero) is 1. The molecule has 1 atom stereocenters. The van der Waals surface area contributed by atoms with Crippen molar-refractivity contribution in [2.45, 2.75) is 26.4 Å². The van der Waals surface area contributed by atoms with Crippen molar-refractivity contribution in [3.63, 3.8) is 0 Å². The highest BCUT2D eigenvalue weighted by molar-refractivity contribution is 5.79. The molecule has 0 rings (SSSR count). The lowest BCUT2D eigenvalue weighted by Crippen LogP contribution is -2.12. The van der Waals surface area contributed by atoms with Crippen LogP contribution < -0.4 is 0 Å². The predicted molar refractivity (Wildman–Crippen MR) is 25.4 cm³/mol. The molecular weight excluding hydrogens is 92.1 g/mol. The molecule has 0 fully saturated rings. The topological polar surface area (TPSA) is 37.0 Å². The first-order valence-corrected chi connectivity index (χ1v) is 2.34. The van der Waals surface area contributed by atoms with Gasteiger partial charge in [0.15, 0.2) is 11.9 Å². The molecule has 1 radical (unpaired) electrons. The molecule has 0 aromatic heterocycles. The van der Waals surface area contributed by atoms with Crippen LogP contribution in [0.5, 0.6) is 0 Å². The zero-order valence-corrected chi connectivity index (χ0v) is 4.60. The zero-order chi connectivity index (χ0) is 5.86. The number of carbonyl (C=O) groups excluding carboxylic acids is 1. The van der Waals surface area contributed by atoms with Gasteiger partial charge in [-0.1, -0.05) is 6.92 Å². The molecule has 7 heavy (non-hydrogen) atoms. The van der Waals surface area contributed by atoms with E-state index in [9.17, 15) is 9.90 Å². The lowest BCUT2D eigenvalue weighted by Gasteiger charge is -1.94. The molecule has 2 heteroatoms. The van der Waals surface area contributed by atoms with Gasteiger partial charge in [0.1, 0.15) is 0 Å². The summed E-state index contributed by atoms with van der Waals surface area (Å²) in [4.78, 5) is 10.1. The first-order chi connectivity index (χ1) is 3.18. The van der Waals surface area contributed by atoms with Crippen LogP contribution in [0.2, 0.25) is 0 Å². The maximum Gasteiger partial charge on any atom is 0.161 e. The van der Waals surface area contributed by atoms with Crippen LogP contribution in [0.4, 0.5) is 0 Å². The minimum atomic E-state index is -0.986. The Balaban J connectivity index is 3.34. The average Bonchev–Trinajstić information content (AvgIpc) is 1.65. The lowest BCUT2D eigenvalue weighted by molar-refractivity contribution is -0.128. The van der Waals surface area contributed by atoms with Gasteiger partial charge in [0, 0.05) is 0 Å². The molecule has 0 aliphatic rings. The average molecular weight is 101 g/mol. The summed E-state index contributed by atoms with van der Waals surface area (Å²) in [5.41, 5.74) is 0. The fourth-order valence-corrected chi connectivity index (χ4v) is 0.287. The Bertz CT molecular complexity index is 68.5. The number of rotatable bonds is 2. The Labute approximate surface area is 43.2 Å². The van der Waals surface area contributed by atoms with E-state index in [0.717, 1.165) is 0 Å². The van der Waals surface area contributed by atoms with E-state index in [-0.39, 0.29) is 5.78 Å². The quantitative estimate of drug-likeness (QED) is 0.506. The zero-order valence-electron chi connectivity index (χ0n) is 4.60. The van der Waals surface area contributed by atoms with Gasteiger partial charge in [0.2, 0.25) is 0 Å². The van der Waals surface area contributed by atoms with E-state index in [4.69, 9.17) is 0 Å². The van der Waals surface area contributed by atoms with Crippen molar-refractivity contribution >= 4 is 5.78 Å². The first kappa shape index (κ1) is 6.63. The molecule has 0 bridgehead atoms. The highest BCUT2D eigenvalue weighted by Gasteiger charge is 2.06. The Morgan fingerprint density at radius 2 is 2.14 bits per heavy atom. The fraction of sp³-hybridized carbons (Fsp3) is 0.800. The maximum absolute atomic E-state index is 10.2. The van der Waals surface area contributed by atoms with E-state index in [1.807, 2.05) is 0 Å². The highest BCUT2D eigenvalue weighted by atomic mass is 16.3. The second kappa shape index (κ2) is 2.75. The fourth-order valence-electron chi connectivity index (χ4n) is 0.287. The number of ketones is 1. The minimum absolute atomic E-state index is 0.262. The van der Waals surface area contributed by atoms with Crippen LogP contribution in [0.25, 0.3) is 0 Å². The molecule has 0 aromatic rings. The van der Waals surface area contributed by atoms with Crippen LogP contribution >= 0.6 is 0 Å². The summed E-state index contributed by atoms with van der Waals surface area (Å²) >= 11 is 0. The monoisotopic (exact) mass is 101 g/mol. The van der Waals surface area contributed by atoms with E-state index >= 15 is 0 Å². The standard InChI is InChI=1S/C5H9O2/c1-3-5(7)4(2)6/h5H,3H2,1-2H3. The summed E-state index contributed by atoms with van der Waals surface area (Å²) in [6, 6.07) is 0. The number of carbonyl (C=O) groups is 1. The lowest BCUT2D eigenvalue weighted by atomic mass is 10.2.